The first kappa shape index (κ1) is 10.4. The summed E-state index contributed by atoms with van der Waals surface area (Å²) in [5.41, 5.74) is 1.04. The summed E-state index contributed by atoms with van der Waals surface area (Å²) in [5, 5.41) is 6.27. The van der Waals surface area contributed by atoms with Crippen LogP contribution in [0.5, 0.6) is 0 Å². The molecular weight excluding hydrogens is 238 g/mol. The number of anilines is 1. The van der Waals surface area contributed by atoms with E-state index in [4.69, 9.17) is 0 Å². The molecule has 16 heavy (non-hydrogen) atoms. The molecule has 0 saturated carbocycles. The molecule has 3 rings (SSSR count). The minimum absolute atomic E-state index is 0.755. The Bertz CT molecular complexity index is 477. The molecule has 0 amide bonds. The van der Waals surface area contributed by atoms with Gasteiger partial charge in [-0.1, -0.05) is 0 Å². The number of nitrogens with zero attached hydrogens (tertiary/aromatic N) is 2. The van der Waals surface area contributed by atoms with Crippen molar-refractivity contribution in [3.63, 3.8) is 0 Å². The summed E-state index contributed by atoms with van der Waals surface area (Å²) in [6.07, 6.45) is 4.32. The van der Waals surface area contributed by atoms with Crippen molar-refractivity contribution in [2.45, 2.75) is 18.1 Å². The molecule has 1 aliphatic rings. The SMILES string of the molecule is c1nc(NCC2CCCS2)c2sccc2n1. The zero-order valence-corrected chi connectivity index (χ0v) is 10.5. The van der Waals surface area contributed by atoms with Gasteiger partial charge in [0.15, 0.2) is 0 Å². The van der Waals surface area contributed by atoms with E-state index in [0.717, 1.165) is 23.1 Å². The highest BCUT2D eigenvalue weighted by molar-refractivity contribution is 8.00. The molecule has 0 aliphatic carbocycles. The number of nitrogens with one attached hydrogen (secondary N) is 1. The van der Waals surface area contributed by atoms with Crippen molar-refractivity contribution >= 4 is 39.1 Å². The Morgan fingerprint density at radius 3 is 3.31 bits per heavy atom. The molecule has 1 saturated heterocycles. The summed E-state index contributed by atoms with van der Waals surface area (Å²) in [6.45, 7) is 1.02. The molecule has 1 unspecified atom stereocenters. The molecule has 1 fully saturated rings. The summed E-state index contributed by atoms with van der Waals surface area (Å²) in [6, 6.07) is 2.04. The smallest absolute Gasteiger partial charge is 0.147 e. The predicted molar refractivity (Wildman–Crippen MR) is 71.4 cm³/mol. The Balaban J connectivity index is 1.75. The molecule has 0 aromatic carbocycles. The Labute approximate surface area is 103 Å². The zero-order valence-electron chi connectivity index (χ0n) is 8.85. The fourth-order valence-electron chi connectivity index (χ4n) is 1.93. The topological polar surface area (TPSA) is 37.8 Å². The first-order valence-electron chi connectivity index (χ1n) is 5.47. The molecule has 1 aliphatic heterocycles. The lowest BCUT2D eigenvalue weighted by atomic mass is 10.2. The lowest BCUT2D eigenvalue weighted by Gasteiger charge is -2.10. The van der Waals surface area contributed by atoms with Crippen LogP contribution in [0, 0.1) is 0 Å². The van der Waals surface area contributed by atoms with E-state index in [1.54, 1.807) is 17.7 Å². The Hall–Kier alpha value is -0.810. The fraction of sp³-hybridized carbons (Fsp3) is 0.455. The predicted octanol–water partition coefficient (Wildman–Crippen LogP) is 3.00. The van der Waals surface area contributed by atoms with Gasteiger partial charge < -0.3 is 5.32 Å². The van der Waals surface area contributed by atoms with Crippen molar-refractivity contribution in [3.05, 3.63) is 17.8 Å². The quantitative estimate of drug-likeness (QED) is 0.910. The highest BCUT2D eigenvalue weighted by Gasteiger charge is 2.15. The number of aromatic nitrogens is 2. The van der Waals surface area contributed by atoms with Gasteiger partial charge in [0.25, 0.3) is 0 Å². The van der Waals surface area contributed by atoms with Gasteiger partial charge in [-0.3, -0.25) is 0 Å². The second-order valence-electron chi connectivity index (χ2n) is 3.87. The largest absolute Gasteiger partial charge is 0.368 e. The summed E-state index contributed by atoms with van der Waals surface area (Å²) < 4.78 is 1.17. The highest BCUT2D eigenvalue weighted by Crippen LogP contribution is 2.28. The minimum Gasteiger partial charge on any atom is -0.368 e. The number of hydrogen-bond acceptors (Lipinski definition) is 5. The van der Waals surface area contributed by atoms with Gasteiger partial charge >= 0.3 is 0 Å². The molecule has 0 bridgehead atoms. The minimum atomic E-state index is 0.755. The van der Waals surface area contributed by atoms with Gasteiger partial charge in [-0.2, -0.15) is 11.8 Å². The van der Waals surface area contributed by atoms with Crippen molar-refractivity contribution in [2.75, 3.05) is 17.6 Å². The van der Waals surface area contributed by atoms with E-state index in [0.29, 0.717) is 0 Å². The van der Waals surface area contributed by atoms with Gasteiger partial charge in [0.1, 0.15) is 12.1 Å². The second-order valence-corrected chi connectivity index (χ2v) is 6.20. The van der Waals surface area contributed by atoms with Crippen LogP contribution >= 0.6 is 23.1 Å². The molecule has 2 aromatic rings. The lowest BCUT2D eigenvalue weighted by Crippen LogP contribution is -2.14. The van der Waals surface area contributed by atoms with E-state index in [-0.39, 0.29) is 0 Å². The Kier molecular flexibility index (Phi) is 2.97. The van der Waals surface area contributed by atoms with Crippen LogP contribution in [0.4, 0.5) is 5.82 Å². The molecular formula is C11H13N3S2. The average Bonchev–Trinajstić information content (AvgIpc) is 2.97. The van der Waals surface area contributed by atoms with Crippen molar-refractivity contribution in [1.29, 1.82) is 0 Å². The number of thioether (sulfide) groups is 1. The van der Waals surface area contributed by atoms with Crippen molar-refractivity contribution in [2.24, 2.45) is 0 Å². The van der Waals surface area contributed by atoms with Crippen LogP contribution in [-0.4, -0.2) is 27.5 Å². The van der Waals surface area contributed by atoms with E-state index >= 15 is 0 Å². The maximum absolute atomic E-state index is 4.32. The van der Waals surface area contributed by atoms with Crippen LogP contribution in [-0.2, 0) is 0 Å². The van der Waals surface area contributed by atoms with Crippen molar-refractivity contribution in [3.8, 4) is 0 Å². The van der Waals surface area contributed by atoms with Crippen LogP contribution in [0.25, 0.3) is 10.2 Å². The van der Waals surface area contributed by atoms with E-state index in [9.17, 15) is 0 Å². The number of hydrogen-bond donors (Lipinski definition) is 1. The maximum Gasteiger partial charge on any atom is 0.147 e. The Morgan fingerprint density at radius 1 is 1.44 bits per heavy atom. The Morgan fingerprint density at radius 2 is 2.44 bits per heavy atom. The van der Waals surface area contributed by atoms with Crippen LogP contribution in [0.3, 0.4) is 0 Å². The van der Waals surface area contributed by atoms with Crippen LogP contribution in [0.2, 0.25) is 0 Å². The van der Waals surface area contributed by atoms with E-state index in [1.807, 2.05) is 6.07 Å². The first-order chi connectivity index (χ1) is 7.93. The highest BCUT2D eigenvalue weighted by atomic mass is 32.2. The third-order valence-corrected chi connectivity index (χ3v) is 5.07. The summed E-state index contributed by atoms with van der Waals surface area (Å²) in [4.78, 5) is 8.55. The number of thiophene rings is 1. The molecule has 1 atom stereocenters. The molecule has 2 aromatic heterocycles. The summed E-state index contributed by atoms with van der Waals surface area (Å²) in [5.74, 6) is 2.30. The van der Waals surface area contributed by atoms with Gasteiger partial charge in [0, 0.05) is 11.8 Å². The summed E-state index contributed by atoms with van der Waals surface area (Å²) in [7, 11) is 0. The molecule has 84 valence electrons. The number of fused-ring (bicyclic) bond motifs is 1. The average molecular weight is 251 g/mol. The van der Waals surface area contributed by atoms with Gasteiger partial charge in [-0.25, -0.2) is 9.97 Å². The second kappa shape index (κ2) is 4.59. The molecule has 0 radical (unpaired) electrons. The third-order valence-electron chi connectivity index (χ3n) is 2.76. The first-order valence-corrected chi connectivity index (χ1v) is 7.40. The summed E-state index contributed by atoms with van der Waals surface area (Å²) >= 11 is 3.77. The molecule has 1 N–H and O–H groups in total. The van der Waals surface area contributed by atoms with Crippen molar-refractivity contribution < 1.29 is 0 Å². The molecule has 3 heterocycles. The van der Waals surface area contributed by atoms with E-state index in [2.05, 4.69) is 32.4 Å². The van der Waals surface area contributed by atoms with E-state index in [1.165, 1.54) is 23.3 Å². The van der Waals surface area contributed by atoms with Gasteiger partial charge in [0.05, 0.1) is 10.2 Å². The van der Waals surface area contributed by atoms with Gasteiger partial charge in [-0.05, 0) is 30.0 Å². The standard InChI is InChI=1S/C11H13N3S2/c1-2-8(15-4-1)6-12-11-10-9(3-5-16-10)13-7-14-11/h3,5,7-8H,1-2,4,6H2,(H,12,13,14). The number of rotatable bonds is 3. The van der Waals surface area contributed by atoms with Crippen LogP contribution in [0.15, 0.2) is 17.8 Å². The van der Waals surface area contributed by atoms with Crippen LogP contribution < -0.4 is 5.32 Å². The van der Waals surface area contributed by atoms with E-state index < -0.39 is 0 Å². The zero-order chi connectivity index (χ0) is 10.8. The monoisotopic (exact) mass is 251 g/mol. The lowest BCUT2D eigenvalue weighted by molar-refractivity contribution is 0.804. The maximum atomic E-state index is 4.32. The third kappa shape index (κ3) is 2.01. The molecule has 5 heteroatoms. The van der Waals surface area contributed by atoms with Gasteiger partial charge in [0.2, 0.25) is 0 Å². The molecule has 3 nitrogen and oxygen atoms in total. The fourth-order valence-corrected chi connectivity index (χ4v) is 3.94. The van der Waals surface area contributed by atoms with Crippen molar-refractivity contribution in [1.82, 2.24) is 9.97 Å². The van der Waals surface area contributed by atoms with Gasteiger partial charge in [-0.15, -0.1) is 11.3 Å². The van der Waals surface area contributed by atoms with Crippen LogP contribution in [0.1, 0.15) is 12.8 Å². The molecule has 0 spiro atoms. The normalized spacial score (nSPS) is 20.4.